The first kappa shape index (κ1) is 37.8. The molecule has 0 fully saturated rings. The third-order valence-electron chi connectivity index (χ3n) is 7.90. The molecule has 7 heteroatoms. The van der Waals surface area contributed by atoms with Crippen molar-refractivity contribution in [2.45, 2.75) is 123 Å². The lowest BCUT2D eigenvalue weighted by molar-refractivity contribution is 0.0325. The summed E-state index contributed by atoms with van der Waals surface area (Å²) in [6.45, 7) is 6.79. The van der Waals surface area contributed by atoms with Gasteiger partial charge in [0.1, 0.15) is 10.6 Å². The summed E-state index contributed by atoms with van der Waals surface area (Å²) in [5.41, 5.74) is 0.827. The van der Waals surface area contributed by atoms with E-state index in [0.29, 0.717) is 17.2 Å². The van der Waals surface area contributed by atoms with Crippen molar-refractivity contribution in [1.82, 2.24) is 0 Å². The fourth-order valence-electron chi connectivity index (χ4n) is 5.10. The zero-order valence-electron chi connectivity index (χ0n) is 28.4. The standard InChI is InChI=1S/C40H51FO5S/c1-4-6-8-10-11-12-13-14-15-17-29-44-37-27-22-33(30-36(37)41)39(42)46-34-23-19-32(20-24-34)21-25-35-26-28-38(47-35)40(43)45-31(3)18-16-9-7-5-2/h19-20,22-24,26-28,30-31H,4-18,29H2,1-3H3. The molecule has 0 spiro atoms. The van der Waals surface area contributed by atoms with Crippen molar-refractivity contribution >= 4 is 23.3 Å². The summed E-state index contributed by atoms with van der Waals surface area (Å²) in [6, 6.07) is 14.4. The summed E-state index contributed by atoms with van der Waals surface area (Å²) >= 11 is 1.30. The summed E-state index contributed by atoms with van der Waals surface area (Å²) in [6.07, 6.45) is 17.6. The molecule has 0 N–H and O–H groups in total. The van der Waals surface area contributed by atoms with Gasteiger partial charge in [0.25, 0.3) is 0 Å². The molecular weight excluding hydrogens is 612 g/mol. The summed E-state index contributed by atoms with van der Waals surface area (Å²) in [5.74, 6) is 5.05. The van der Waals surface area contributed by atoms with E-state index in [2.05, 4.69) is 25.7 Å². The van der Waals surface area contributed by atoms with Gasteiger partial charge in [-0.05, 0) is 80.8 Å². The molecule has 254 valence electrons. The highest BCUT2D eigenvalue weighted by Crippen LogP contribution is 2.22. The maximum Gasteiger partial charge on any atom is 0.348 e. The molecule has 47 heavy (non-hydrogen) atoms. The Labute approximate surface area is 285 Å². The first-order valence-corrected chi connectivity index (χ1v) is 18.3. The molecule has 1 aromatic heterocycles. The summed E-state index contributed by atoms with van der Waals surface area (Å²) in [5, 5.41) is 0. The van der Waals surface area contributed by atoms with Gasteiger partial charge in [0.15, 0.2) is 11.6 Å². The van der Waals surface area contributed by atoms with Crippen LogP contribution >= 0.6 is 11.3 Å². The number of unbranched alkanes of at least 4 members (excludes halogenated alkanes) is 12. The Morgan fingerprint density at radius 1 is 0.745 bits per heavy atom. The van der Waals surface area contributed by atoms with Crippen LogP contribution in [-0.4, -0.2) is 24.6 Å². The highest BCUT2D eigenvalue weighted by molar-refractivity contribution is 7.14. The predicted molar refractivity (Wildman–Crippen MR) is 189 cm³/mol. The molecular formula is C40H51FO5S. The molecule has 0 saturated carbocycles. The molecule has 0 amide bonds. The minimum Gasteiger partial charge on any atom is -0.491 e. The van der Waals surface area contributed by atoms with E-state index in [0.717, 1.165) is 48.6 Å². The topological polar surface area (TPSA) is 61.8 Å². The zero-order chi connectivity index (χ0) is 33.7. The van der Waals surface area contributed by atoms with Crippen LogP contribution in [0.5, 0.6) is 11.5 Å². The van der Waals surface area contributed by atoms with Crippen LogP contribution in [0.3, 0.4) is 0 Å². The van der Waals surface area contributed by atoms with E-state index in [1.54, 1.807) is 30.3 Å². The molecule has 0 aliphatic carbocycles. The van der Waals surface area contributed by atoms with Gasteiger partial charge in [0.2, 0.25) is 0 Å². The van der Waals surface area contributed by atoms with Crippen LogP contribution in [0.2, 0.25) is 0 Å². The van der Waals surface area contributed by atoms with Gasteiger partial charge >= 0.3 is 11.9 Å². The predicted octanol–water partition coefficient (Wildman–Crippen LogP) is 11.3. The SMILES string of the molecule is CCCCCCCCCCCCOc1ccc(C(=O)Oc2ccc(C#Cc3ccc(C(=O)OC(C)CCCCCC)s3)cc2)cc1F. The highest BCUT2D eigenvalue weighted by atomic mass is 32.1. The average molecular weight is 663 g/mol. The molecule has 0 radical (unpaired) electrons. The molecule has 1 atom stereocenters. The van der Waals surface area contributed by atoms with E-state index in [1.165, 1.54) is 87.7 Å². The minimum absolute atomic E-state index is 0.107. The Morgan fingerprint density at radius 3 is 2.04 bits per heavy atom. The van der Waals surface area contributed by atoms with Gasteiger partial charge < -0.3 is 14.2 Å². The number of esters is 2. The number of thiophene rings is 1. The second kappa shape index (κ2) is 22.0. The first-order valence-electron chi connectivity index (χ1n) is 17.5. The quantitative estimate of drug-likeness (QED) is 0.0492. The van der Waals surface area contributed by atoms with Crippen molar-refractivity contribution in [1.29, 1.82) is 0 Å². The summed E-state index contributed by atoms with van der Waals surface area (Å²) < 4.78 is 31.3. The van der Waals surface area contributed by atoms with Gasteiger partial charge in [-0.3, -0.25) is 0 Å². The van der Waals surface area contributed by atoms with Crippen LogP contribution in [-0.2, 0) is 4.74 Å². The van der Waals surface area contributed by atoms with Crippen molar-refractivity contribution in [2.75, 3.05) is 6.61 Å². The van der Waals surface area contributed by atoms with Gasteiger partial charge in [-0.15, -0.1) is 11.3 Å². The lowest BCUT2D eigenvalue weighted by Gasteiger charge is -2.12. The molecule has 1 heterocycles. The lowest BCUT2D eigenvalue weighted by Crippen LogP contribution is -2.14. The Hall–Kier alpha value is -3.63. The van der Waals surface area contributed by atoms with E-state index in [4.69, 9.17) is 14.2 Å². The van der Waals surface area contributed by atoms with Crippen LogP contribution in [0, 0.1) is 17.7 Å². The molecule has 0 bridgehead atoms. The average Bonchev–Trinajstić information content (AvgIpc) is 3.55. The fourth-order valence-corrected chi connectivity index (χ4v) is 5.84. The number of halogens is 1. The van der Waals surface area contributed by atoms with Gasteiger partial charge in [-0.25, -0.2) is 14.0 Å². The Balaban J connectivity index is 1.39. The normalized spacial score (nSPS) is 11.4. The van der Waals surface area contributed by atoms with Crippen LogP contribution < -0.4 is 9.47 Å². The third kappa shape index (κ3) is 14.8. The van der Waals surface area contributed by atoms with Gasteiger partial charge in [0.05, 0.1) is 23.2 Å². The van der Waals surface area contributed by atoms with Crippen LogP contribution in [0.4, 0.5) is 4.39 Å². The molecule has 2 aromatic carbocycles. The second-order valence-corrected chi connectivity index (χ2v) is 13.2. The molecule has 3 aromatic rings. The van der Waals surface area contributed by atoms with E-state index < -0.39 is 11.8 Å². The second-order valence-electron chi connectivity index (χ2n) is 12.1. The van der Waals surface area contributed by atoms with Crippen molar-refractivity contribution in [3.8, 4) is 23.3 Å². The first-order chi connectivity index (χ1) is 22.9. The highest BCUT2D eigenvalue weighted by Gasteiger charge is 2.15. The number of hydrogen-bond acceptors (Lipinski definition) is 6. The van der Waals surface area contributed by atoms with Gasteiger partial charge in [-0.1, -0.05) is 103 Å². The van der Waals surface area contributed by atoms with E-state index in [9.17, 15) is 14.0 Å². The zero-order valence-corrected chi connectivity index (χ0v) is 29.2. The maximum absolute atomic E-state index is 14.6. The maximum atomic E-state index is 14.6. The van der Waals surface area contributed by atoms with Crippen molar-refractivity contribution < 1.29 is 28.2 Å². The number of benzene rings is 2. The molecule has 1 unspecified atom stereocenters. The smallest absolute Gasteiger partial charge is 0.348 e. The number of rotatable bonds is 21. The third-order valence-corrected chi connectivity index (χ3v) is 8.88. The number of hydrogen-bond donors (Lipinski definition) is 0. The molecule has 3 rings (SSSR count). The summed E-state index contributed by atoms with van der Waals surface area (Å²) in [7, 11) is 0. The Kier molecular flexibility index (Phi) is 17.7. The van der Waals surface area contributed by atoms with E-state index >= 15 is 0 Å². The molecule has 0 aliphatic rings. The monoisotopic (exact) mass is 662 g/mol. The number of carbonyl (C=O) groups excluding carboxylic acids is 2. The fraction of sp³-hybridized carbons (Fsp3) is 0.500. The lowest BCUT2D eigenvalue weighted by atomic mass is 10.1. The number of carbonyl (C=O) groups is 2. The Bertz CT molecular complexity index is 1420. The molecule has 0 aliphatic heterocycles. The van der Waals surface area contributed by atoms with Crippen molar-refractivity contribution in [3.63, 3.8) is 0 Å². The molecule has 5 nitrogen and oxygen atoms in total. The van der Waals surface area contributed by atoms with Crippen LogP contribution in [0.15, 0.2) is 54.6 Å². The van der Waals surface area contributed by atoms with Crippen molar-refractivity contribution in [2.24, 2.45) is 0 Å². The van der Waals surface area contributed by atoms with Crippen LogP contribution in [0.25, 0.3) is 0 Å². The van der Waals surface area contributed by atoms with Crippen molar-refractivity contribution in [3.05, 3.63) is 81.3 Å². The minimum atomic E-state index is -0.655. The molecule has 0 saturated heterocycles. The number of ether oxygens (including phenoxy) is 3. The van der Waals surface area contributed by atoms with E-state index in [1.807, 2.05) is 13.0 Å². The van der Waals surface area contributed by atoms with E-state index in [-0.39, 0.29) is 23.4 Å². The van der Waals surface area contributed by atoms with Gasteiger partial charge in [-0.2, -0.15) is 0 Å². The van der Waals surface area contributed by atoms with Gasteiger partial charge in [0, 0.05) is 5.56 Å². The van der Waals surface area contributed by atoms with Crippen LogP contribution in [0.1, 0.15) is 148 Å². The largest absolute Gasteiger partial charge is 0.491 e. The summed E-state index contributed by atoms with van der Waals surface area (Å²) in [4.78, 5) is 26.4. The Morgan fingerprint density at radius 2 is 1.38 bits per heavy atom.